The second-order valence-electron chi connectivity index (χ2n) is 4.28. The zero-order valence-corrected chi connectivity index (χ0v) is 11.9. The number of rotatable bonds is 5. The van der Waals surface area contributed by atoms with Gasteiger partial charge in [0, 0.05) is 12.6 Å². The van der Waals surface area contributed by atoms with Gasteiger partial charge in [0.25, 0.3) is 0 Å². The van der Waals surface area contributed by atoms with Crippen molar-refractivity contribution in [2.24, 2.45) is 0 Å². The number of hydrogen-bond acceptors (Lipinski definition) is 3. The summed E-state index contributed by atoms with van der Waals surface area (Å²) in [5.41, 5.74) is 1.06. The summed E-state index contributed by atoms with van der Waals surface area (Å²) in [5.74, 6) is -0.457. The smallest absolute Gasteiger partial charge is 0.250 e. The number of anilines is 2. The third kappa shape index (κ3) is 5.72. The molecule has 0 bridgehead atoms. The molecule has 0 aromatic heterocycles. The fourth-order valence-corrected chi connectivity index (χ4v) is 1.55. The van der Waals surface area contributed by atoms with E-state index in [1.807, 2.05) is 13.8 Å². The molecule has 0 spiro atoms. The Hall–Kier alpha value is -1.59. The molecule has 2 amide bonds. The SMILES string of the molecule is CC(=O)Nc1ccc(NC(=O)COC(C)C)cc1Cl. The van der Waals surface area contributed by atoms with Crippen LogP contribution >= 0.6 is 11.6 Å². The Morgan fingerprint density at radius 3 is 2.53 bits per heavy atom. The minimum atomic E-state index is -0.253. The van der Waals surface area contributed by atoms with Gasteiger partial charge in [0.05, 0.1) is 16.8 Å². The minimum absolute atomic E-state index is 0.00326. The first-order chi connectivity index (χ1) is 8.88. The zero-order valence-electron chi connectivity index (χ0n) is 11.1. The Morgan fingerprint density at radius 1 is 1.32 bits per heavy atom. The van der Waals surface area contributed by atoms with Gasteiger partial charge < -0.3 is 15.4 Å². The summed E-state index contributed by atoms with van der Waals surface area (Å²) in [7, 11) is 0. The van der Waals surface area contributed by atoms with Gasteiger partial charge in [0.15, 0.2) is 0 Å². The summed E-state index contributed by atoms with van der Waals surface area (Å²) < 4.78 is 5.18. The minimum Gasteiger partial charge on any atom is -0.369 e. The molecule has 0 fully saturated rings. The van der Waals surface area contributed by atoms with Crippen molar-refractivity contribution in [1.29, 1.82) is 0 Å². The monoisotopic (exact) mass is 284 g/mol. The van der Waals surface area contributed by atoms with Crippen LogP contribution in [0.4, 0.5) is 11.4 Å². The van der Waals surface area contributed by atoms with E-state index in [1.54, 1.807) is 18.2 Å². The standard InChI is InChI=1S/C13H17ClN2O3/c1-8(2)19-7-13(18)16-10-4-5-12(11(14)6-10)15-9(3)17/h4-6,8H,7H2,1-3H3,(H,15,17)(H,16,18). The van der Waals surface area contributed by atoms with Gasteiger partial charge in [-0.3, -0.25) is 9.59 Å². The van der Waals surface area contributed by atoms with Gasteiger partial charge in [0.1, 0.15) is 6.61 Å². The molecule has 0 heterocycles. The summed E-state index contributed by atoms with van der Waals surface area (Å²) >= 11 is 5.99. The fraction of sp³-hybridized carbons (Fsp3) is 0.385. The van der Waals surface area contributed by atoms with Crippen LogP contribution in [0, 0.1) is 0 Å². The van der Waals surface area contributed by atoms with Gasteiger partial charge in [-0.25, -0.2) is 0 Å². The topological polar surface area (TPSA) is 67.4 Å². The predicted octanol–water partition coefficient (Wildman–Crippen LogP) is 2.66. The van der Waals surface area contributed by atoms with Crippen LogP contribution < -0.4 is 10.6 Å². The molecule has 2 N–H and O–H groups in total. The lowest BCUT2D eigenvalue weighted by atomic mass is 10.2. The van der Waals surface area contributed by atoms with E-state index in [9.17, 15) is 9.59 Å². The van der Waals surface area contributed by atoms with E-state index in [4.69, 9.17) is 16.3 Å². The van der Waals surface area contributed by atoms with E-state index in [1.165, 1.54) is 6.92 Å². The average Bonchev–Trinajstić information content (AvgIpc) is 2.29. The molecule has 0 aliphatic heterocycles. The van der Waals surface area contributed by atoms with Crippen molar-refractivity contribution in [2.45, 2.75) is 26.9 Å². The Kier molecular flexibility index (Phi) is 5.79. The highest BCUT2D eigenvalue weighted by molar-refractivity contribution is 6.34. The number of hydrogen-bond donors (Lipinski definition) is 2. The van der Waals surface area contributed by atoms with Crippen LogP contribution in [0.2, 0.25) is 5.02 Å². The molecule has 0 saturated carbocycles. The molecule has 6 heteroatoms. The first-order valence-corrected chi connectivity index (χ1v) is 6.25. The van der Waals surface area contributed by atoms with E-state index in [0.717, 1.165) is 0 Å². The molecular formula is C13H17ClN2O3. The fourth-order valence-electron chi connectivity index (χ4n) is 1.32. The maximum Gasteiger partial charge on any atom is 0.250 e. The number of nitrogens with one attached hydrogen (secondary N) is 2. The van der Waals surface area contributed by atoms with E-state index < -0.39 is 0 Å². The lowest BCUT2D eigenvalue weighted by Crippen LogP contribution is -2.20. The van der Waals surface area contributed by atoms with Gasteiger partial charge in [0.2, 0.25) is 11.8 Å². The Balaban J connectivity index is 2.63. The molecule has 0 aliphatic rings. The maximum absolute atomic E-state index is 11.5. The summed E-state index contributed by atoms with van der Waals surface area (Å²) in [5, 5.41) is 5.60. The van der Waals surface area contributed by atoms with Crippen molar-refractivity contribution >= 4 is 34.8 Å². The molecule has 19 heavy (non-hydrogen) atoms. The number of benzene rings is 1. The summed E-state index contributed by atoms with van der Waals surface area (Å²) in [6.07, 6.45) is -0.00326. The Morgan fingerprint density at radius 2 is 2.00 bits per heavy atom. The van der Waals surface area contributed by atoms with Crippen LogP contribution in [0.3, 0.4) is 0 Å². The molecule has 104 valence electrons. The van der Waals surface area contributed by atoms with Crippen molar-refractivity contribution < 1.29 is 14.3 Å². The van der Waals surface area contributed by atoms with Crippen LogP contribution in [0.15, 0.2) is 18.2 Å². The van der Waals surface area contributed by atoms with Crippen LogP contribution in [-0.4, -0.2) is 24.5 Å². The van der Waals surface area contributed by atoms with Gasteiger partial charge in [-0.05, 0) is 32.0 Å². The molecule has 1 aromatic rings. The molecule has 0 atom stereocenters. The van der Waals surface area contributed by atoms with Crippen molar-refractivity contribution in [3.63, 3.8) is 0 Å². The molecule has 0 saturated heterocycles. The average molecular weight is 285 g/mol. The van der Waals surface area contributed by atoms with Crippen molar-refractivity contribution in [2.75, 3.05) is 17.2 Å². The number of carbonyl (C=O) groups excluding carboxylic acids is 2. The van der Waals surface area contributed by atoms with Gasteiger partial charge in [-0.1, -0.05) is 11.6 Å². The molecule has 1 aromatic carbocycles. The molecular weight excluding hydrogens is 268 g/mol. The maximum atomic E-state index is 11.5. The highest BCUT2D eigenvalue weighted by Crippen LogP contribution is 2.25. The highest BCUT2D eigenvalue weighted by Gasteiger charge is 2.07. The van der Waals surface area contributed by atoms with Crippen LogP contribution in [0.1, 0.15) is 20.8 Å². The Labute approximate surface area is 117 Å². The predicted molar refractivity (Wildman–Crippen MR) is 75.5 cm³/mol. The van der Waals surface area contributed by atoms with E-state index in [0.29, 0.717) is 16.4 Å². The van der Waals surface area contributed by atoms with Crippen molar-refractivity contribution in [3.8, 4) is 0 Å². The molecule has 0 aliphatic carbocycles. The molecule has 1 rings (SSSR count). The number of halogens is 1. The second-order valence-corrected chi connectivity index (χ2v) is 4.69. The van der Waals surface area contributed by atoms with E-state index in [-0.39, 0.29) is 24.5 Å². The molecule has 5 nitrogen and oxygen atoms in total. The summed E-state index contributed by atoms with van der Waals surface area (Å²) in [6, 6.07) is 4.85. The molecule has 0 radical (unpaired) electrons. The molecule has 0 unspecified atom stereocenters. The van der Waals surface area contributed by atoms with Crippen LogP contribution in [-0.2, 0) is 14.3 Å². The zero-order chi connectivity index (χ0) is 14.4. The van der Waals surface area contributed by atoms with E-state index >= 15 is 0 Å². The quantitative estimate of drug-likeness (QED) is 0.873. The van der Waals surface area contributed by atoms with Gasteiger partial charge >= 0.3 is 0 Å². The lowest BCUT2D eigenvalue weighted by molar-refractivity contribution is -0.122. The first-order valence-electron chi connectivity index (χ1n) is 5.87. The second kappa shape index (κ2) is 7.11. The first kappa shape index (κ1) is 15.5. The normalized spacial score (nSPS) is 10.4. The van der Waals surface area contributed by atoms with Crippen LogP contribution in [0.5, 0.6) is 0 Å². The van der Waals surface area contributed by atoms with Gasteiger partial charge in [-0.2, -0.15) is 0 Å². The van der Waals surface area contributed by atoms with Crippen molar-refractivity contribution in [3.05, 3.63) is 23.2 Å². The Bertz CT molecular complexity index is 475. The number of amides is 2. The van der Waals surface area contributed by atoms with Gasteiger partial charge in [-0.15, -0.1) is 0 Å². The number of ether oxygens (including phenoxy) is 1. The van der Waals surface area contributed by atoms with Crippen LogP contribution in [0.25, 0.3) is 0 Å². The van der Waals surface area contributed by atoms with Crippen molar-refractivity contribution in [1.82, 2.24) is 0 Å². The lowest BCUT2D eigenvalue weighted by Gasteiger charge is -2.10. The largest absolute Gasteiger partial charge is 0.369 e. The third-order valence-corrected chi connectivity index (χ3v) is 2.42. The third-order valence-electron chi connectivity index (χ3n) is 2.11. The summed E-state index contributed by atoms with van der Waals surface area (Å²) in [4.78, 5) is 22.5. The summed E-state index contributed by atoms with van der Waals surface area (Å²) in [6.45, 7) is 5.09. The highest BCUT2D eigenvalue weighted by atomic mass is 35.5. The van der Waals surface area contributed by atoms with E-state index in [2.05, 4.69) is 10.6 Å². The number of carbonyl (C=O) groups is 2.